The third-order valence-corrected chi connectivity index (χ3v) is 2.54. The molecule has 0 amide bonds. The number of rotatable bonds is 4. The molecule has 1 unspecified atom stereocenters. The number of hydrogen-bond acceptors (Lipinski definition) is 2. The molecule has 0 aliphatic rings. The first kappa shape index (κ1) is 15.0. The van der Waals surface area contributed by atoms with Crippen LogP contribution in [0.4, 0.5) is 10.1 Å². The van der Waals surface area contributed by atoms with Gasteiger partial charge >= 0.3 is 5.97 Å². The number of carbonyl (C=O) groups is 1. The van der Waals surface area contributed by atoms with E-state index in [0.29, 0.717) is 11.3 Å². The summed E-state index contributed by atoms with van der Waals surface area (Å²) in [5, 5.41) is 12.1. The SMILES string of the molecule is Cl.O=C(O)C(Nc1ccc(F)cc1)c1ccccc1. The maximum Gasteiger partial charge on any atom is 0.330 e. The normalized spacial score (nSPS) is 11.2. The summed E-state index contributed by atoms with van der Waals surface area (Å²) >= 11 is 0. The molecule has 5 heteroatoms. The van der Waals surface area contributed by atoms with Gasteiger partial charge in [0, 0.05) is 5.69 Å². The standard InChI is InChI=1S/C14H12FNO2.ClH/c15-11-6-8-12(9-7-11)16-13(14(17)18)10-4-2-1-3-5-10;/h1-9,13,16H,(H,17,18);1H. The predicted octanol–water partition coefficient (Wildman–Crippen LogP) is 3.49. The zero-order valence-corrected chi connectivity index (χ0v) is 10.7. The van der Waals surface area contributed by atoms with Crippen LogP contribution in [0.1, 0.15) is 11.6 Å². The molecule has 0 heterocycles. The van der Waals surface area contributed by atoms with Crippen molar-refractivity contribution in [2.24, 2.45) is 0 Å². The number of hydrogen-bond donors (Lipinski definition) is 2. The smallest absolute Gasteiger partial charge is 0.330 e. The number of halogens is 2. The van der Waals surface area contributed by atoms with E-state index in [-0.39, 0.29) is 18.2 Å². The number of benzene rings is 2. The number of aliphatic carboxylic acids is 1. The van der Waals surface area contributed by atoms with E-state index in [4.69, 9.17) is 0 Å². The fourth-order valence-corrected chi connectivity index (χ4v) is 1.65. The lowest BCUT2D eigenvalue weighted by Gasteiger charge is -2.16. The molecular formula is C14H13ClFNO2. The van der Waals surface area contributed by atoms with Crippen molar-refractivity contribution in [3.8, 4) is 0 Å². The fourth-order valence-electron chi connectivity index (χ4n) is 1.65. The summed E-state index contributed by atoms with van der Waals surface area (Å²) in [6.07, 6.45) is 0. The zero-order chi connectivity index (χ0) is 13.0. The van der Waals surface area contributed by atoms with Crippen molar-refractivity contribution in [2.75, 3.05) is 5.32 Å². The van der Waals surface area contributed by atoms with Gasteiger partial charge in [-0.2, -0.15) is 0 Å². The number of anilines is 1. The first-order valence-electron chi connectivity index (χ1n) is 5.46. The fraction of sp³-hybridized carbons (Fsp3) is 0.0714. The Morgan fingerprint density at radius 3 is 2.16 bits per heavy atom. The minimum atomic E-state index is -0.981. The summed E-state index contributed by atoms with van der Waals surface area (Å²) in [5.74, 6) is -1.34. The van der Waals surface area contributed by atoms with Gasteiger partial charge in [-0.15, -0.1) is 12.4 Å². The van der Waals surface area contributed by atoms with Crippen LogP contribution >= 0.6 is 12.4 Å². The highest BCUT2D eigenvalue weighted by atomic mass is 35.5. The van der Waals surface area contributed by atoms with Crippen LogP contribution < -0.4 is 5.32 Å². The van der Waals surface area contributed by atoms with Crippen LogP contribution in [0.15, 0.2) is 54.6 Å². The van der Waals surface area contributed by atoms with Gasteiger partial charge in [-0.05, 0) is 29.8 Å². The first-order chi connectivity index (χ1) is 8.66. The third kappa shape index (κ3) is 3.96. The van der Waals surface area contributed by atoms with Crippen molar-refractivity contribution in [3.05, 3.63) is 66.0 Å². The summed E-state index contributed by atoms with van der Waals surface area (Å²) in [5.41, 5.74) is 1.21. The summed E-state index contributed by atoms with van der Waals surface area (Å²) < 4.78 is 12.8. The number of nitrogens with one attached hydrogen (secondary N) is 1. The van der Waals surface area contributed by atoms with E-state index >= 15 is 0 Å². The second-order valence-electron chi connectivity index (χ2n) is 3.83. The molecule has 0 saturated heterocycles. The molecule has 3 nitrogen and oxygen atoms in total. The van der Waals surface area contributed by atoms with Gasteiger partial charge in [-0.3, -0.25) is 0 Å². The maximum atomic E-state index is 12.8. The molecule has 2 rings (SSSR count). The molecule has 100 valence electrons. The second-order valence-corrected chi connectivity index (χ2v) is 3.83. The Bertz CT molecular complexity index is 531. The Labute approximate surface area is 116 Å². The average molecular weight is 282 g/mol. The summed E-state index contributed by atoms with van der Waals surface area (Å²) in [6, 6.07) is 13.6. The minimum Gasteiger partial charge on any atom is -0.479 e. The molecule has 0 aliphatic heterocycles. The highest BCUT2D eigenvalue weighted by molar-refractivity contribution is 5.85. The Balaban J connectivity index is 0.00000180. The molecule has 2 aromatic carbocycles. The summed E-state index contributed by atoms with van der Waals surface area (Å²) in [7, 11) is 0. The largest absolute Gasteiger partial charge is 0.479 e. The number of carboxylic acid groups (broad SMARTS) is 1. The summed E-state index contributed by atoms with van der Waals surface area (Å²) in [4.78, 5) is 11.2. The Morgan fingerprint density at radius 1 is 1.05 bits per heavy atom. The molecule has 0 bridgehead atoms. The third-order valence-electron chi connectivity index (χ3n) is 2.54. The van der Waals surface area contributed by atoms with E-state index in [2.05, 4.69) is 5.32 Å². The van der Waals surface area contributed by atoms with E-state index in [9.17, 15) is 14.3 Å². The maximum absolute atomic E-state index is 12.8. The predicted molar refractivity (Wildman–Crippen MR) is 74.1 cm³/mol. The molecule has 1 atom stereocenters. The van der Waals surface area contributed by atoms with Gasteiger partial charge in [0.25, 0.3) is 0 Å². The van der Waals surface area contributed by atoms with E-state index in [1.165, 1.54) is 24.3 Å². The summed E-state index contributed by atoms with van der Waals surface area (Å²) in [6.45, 7) is 0. The van der Waals surface area contributed by atoms with Crippen LogP contribution in [-0.4, -0.2) is 11.1 Å². The Hall–Kier alpha value is -2.07. The van der Waals surface area contributed by atoms with Crippen molar-refractivity contribution in [2.45, 2.75) is 6.04 Å². The average Bonchev–Trinajstić information content (AvgIpc) is 2.38. The zero-order valence-electron chi connectivity index (χ0n) is 9.92. The van der Waals surface area contributed by atoms with E-state index in [0.717, 1.165) is 0 Å². The van der Waals surface area contributed by atoms with Crippen LogP contribution in [0.2, 0.25) is 0 Å². The molecule has 0 spiro atoms. The molecule has 0 aromatic heterocycles. The molecule has 2 aromatic rings. The number of carboxylic acids is 1. The van der Waals surface area contributed by atoms with Gasteiger partial charge < -0.3 is 10.4 Å². The topological polar surface area (TPSA) is 49.3 Å². The molecule has 0 aliphatic carbocycles. The first-order valence-corrected chi connectivity index (χ1v) is 5.46. The second kappa shape index (κ2) is 6.75. The van der Waals surface area contributed by atoms with Crippen molar-refractivity contribution >= 4 is 24.1 Å². The lowest BCUT2D eigenvalue weighted by Crippen LogP contribution is -2.20. The van der Waals surface area contributed by atoms with Crippen LogP contribution in [0, 0.1) is 5.82 Å². The van der Waals surface area contributed by atoms with Crippen molar-refractivity contribution in [1.29, 1.82) is 0 Å². The highest BCUT2D eigenvalue weighted by Crippen LogP contribution is 2.19. The van der Waals surface area contributed by atoms with Gasteiger partial charge in [-0.25, -0.2) is 9.18 Å². The van der Waals surface area contributed by atoms with Gasteiger partial charge in [0.1, 0.15) is 5.82 Å². The Morgan fingerprint density at radius 2 is 1.63 bits per heavy atom. The van der Waals surface area contributed by atoms with E-state index < -0.39 is 12.0 Å². The lowest BCUT2D eigenvalue weighted by molar-refractivity contribution is -0.138. The van der Waals surface area contributed by atoms with Gasteiger partial charge in [0.2, 0.25) is 0 Å². The lowest BCUT2D eigenvalue weighted by atomic mass is 10.1. The van der Waals surface area contributed by atoms with Crippen LogP contribution in [-0.2, 0) is 4.79 Å². The van der Waals surface area contributed by atoms with Gasteiger partial charge in [0.15, 0.2) is 6.04 Å². The Kier molecular flexibility index (Phi) is 5.33. The monoisotopic (exact) mass is 281 g/mol. The molecule has 0 fully saturated rings. The van der Waals surface area contributed by atoms with E-state index in [1.807, 2.05) is 6.07 Å². The van der Waals surface area contributed by atoms with Crippen LogP contribution in [0.3, 0.4) is 0 Å². The molecule has 0 saturated carbocycles. The van der Waals surface area contributed by atoms with Crippen LogP contribution in [0.5, 0.6) is 0 Å². The quantitative estimate of drug-likeness (QED) is 0.902. The van der Waals surface area contributed by atoms with Crippen molar-refractivity contribution in [1.82, 2.24) is 0 Å². The molecule has 19 heavy (non-hydrogen) atoms. The van der Waals surface area contributed by atoms with Crippen molar-refractivity contribution < 1.29 is 14.3 Å². The minimum absolute atomic E-state index is 0. The van der Waals surface area contributed by atoms with E-state index in [1.54, 1.807) is 24.3 Å². The molecule has 2 N–H and O–H groups in total. The van der Waals surface area contributed by atoms with Gasteiger partial charge in [0.05, 0.1) is 0 Å². The van der Waals surface area contributed by atoms with Gasteiger partial charge in [-0.1, -0.05) is 30.3 Å². The molecular weight excluding hydrogens is 269 g/mol. The molecule has 0 radical (unpaired) electrons. The highest BCUT2D eigenvalue weighted by Gasteiger charge is 2.18. The van der Waals surface area contributed by atoms with Crippen LogP contribution in [0.25, 0.3) is 0 Å². The van der Waals surface area contributed by atoms with Crippen molar-refractivity contribution in [3.63, 3.8) is 0 Å².